The lowest BCUT2D eigenvalue weighted by Crippen LogP contribution is -2.34. The van der Waals surface area contributed by atoms with E-state index in [2.05, 4.69) is 86.5 Å². The van der Waals surface area contributed by atoms with Crippen LogP contribution in [0, 0.1) is 0 Å². The van der Waals surface area contributed by atoms with Gasteiger partial charge in [0.2, 0.25) is 0 Å². The number of para-hydroxylation sites is 1. The fraction of sp³-hybridized carbons (Fsp3) is 0.222. The molecule has 0 aliphatic carbocycles. The van der Waals surface area contributed by atoms with E-state index in [9.17, 15) is 0 Å². The summed E-state index contributed by atoms with van der Waals surface area (Å²) in [6.45, 7) is 0.918. The first kappa shape index (κ1) is 12.9. The van der Waals surface area contributed by atoms with Gasteiger partial charge in [-0.2, -0.15) is 0 Å². The van der Waals surface area contributed by atoms with Crippen molar-refractivity contribution < 1.29 is 0 Å². The fourth-order valence-corrected chi connectivity index (χ4v) is 2.67. The predicted octanol–water partition coefficient (Wildman–Crippen LogP) is 3.89. The van der Waals surface area contributed by atoms with Gasteiger partial charge in [-0.05, 0) is 17.7 Å². The number of benzene rings is 2. The Morgan fingerprint density at radius 3 is 2.20 bits per heavy atom. The van der Waals surface area contributed by atoms with Crippen LogP contribution in [0.25, 0.3) is 10.9 Å². The Morgan fingerprint density at radius 2 is 1.50 bits per heavy atom. The van der Waals surface area contributed by atoms with Gasteiger partial charge in [-0.25, -0.2) is 0 Å². The van der Waals surface area contributed by atoms with Gasteiger partial charge in [-0.3, -0.25) is 4.48 Å². The maximum atomic E-state index is 2.35. The van der Waals surface area contributed by atoms with E-state index in [0.29, 0.717) is 0 Å². The average Bonchev–Trinajstić information content (AvgIpc) is 2.79. The Morgan fingerprint density at radius 1 is 0.850 bits per heavy atom. The maximum absolute atomic E-state index is 2.35. The van der Waals surface area contributed by atoms with Crippen molar-refractivity contribution in [1.29, 1.82) is 0 Å². The van der Waals surface area contributed by atoms with Crippen LogP contribution in [0.3, 0.4) is 0 Å². The SMILES string of the molecule is C[N+](C)(C)c1cn(Cc2ccccc2)c2ccccc12. The summed E-state index contributed by atoms with van der Waals surface area (Å²) in [5.41, 5.74) is 4.00. The fourth-order valence-electron chi connectivity index (χ4n) is 2.67. The lowest BCUT2D eigenvalue weighted by molar-refractivity contribution is 0.488. The molecule has 20 heavy (non-hydrogen) atoms. The third-order valence-electron chi connectivity index (χ3n) is 3.69. The zero-order chi connectivity index (χ0) is 14.2. The highest BCUT2D eigenvalue weighted by Crippen LogP contribution is 2.31. The van der Waals surface area contributed by atoms with Crippen LogP contribution >= 0.6 is 0 Å². The second-order valence-corrected chi connectivity index (χ2v) is 6.16. The van der Waals surface area contributed by atoms with Gasteiger partial charge in [0.15, 0.2) is 5.69 Å². The van der Waals surface area contributed by atoms with Crippen molar-refractivity contribution in [2.45, 2.75) is 6.54 Å². The molecule has 2 heteroatoms. The number of hydrogen-bond acceptors (Lipinski definition) is 0. The minimum Gasteiger partial charge on any atom is -0.337 e. The maximum Gasteiger partial charge on any atom is 0.158 e. The quantitative estimate of drug-likeness (QED) is 0.633. The summed E-state index contributed by atoms with van der Waals surface area (Å²) in [6, 6.07) is 19.3. The summed E-state index contributed by atoms with van der Waals surface area (Å²) < 4.78 is 3.19. The minimum absolute atomic E-state index is 0.836. The average molecular weight is 265 g/mol. The van der Waals surface area contributed by atoms with Crippen LogP contribution in [-0.2, 0) is 6.54 Å². The molecule has 0 saturated heterocycles. The summed E-state index contributed by atoms with van der Waals surface area (Å²) in [7, 11) is 6.65. The molecule has 102 valence electrons. The molecular formula is C18H21N2+. The zero-order valence-electron chi connectivity index (χ0n) is 12.4. The Balaban J connectivity index is 2.12. The highest BCUT2D eigenvalue weighted by Gasteiger charge is 2.19. The topological polar surface area (TPSA) is 4.93 Å². The molecule has 0 spiro atoms. The van der Waals surface area contributed by atoms with Crippen LogP contribution in [-0.4, -0.2) is 25.7 Å². The standard InChI is InChI=1S/C18H21N2/c1-20(2,3)18-14-19(13-15-9-5-4-6-10-15)17-12-8-7-11-16(17)18/h4-12,14H,13H2,1-3H3/q+1. The Hall–Kier alpha value is -2.06. The molecular weight excluding hydrogens is 244 g/mol. The molecule has 3 aromatic rings. The first-order chi connectivity index (χ1) is 9.55. The van der Waals surface area contributed by atoms with Crippen molar-refractivity contribution in [3.63, 3.8) is 0 Å². The minimum atomic E-state index is 0.836. The molecule has 0 atom stereocenters. The van der Waals surface area contributed by atoms with E-state index in [0.717, 1.165) is 11.0 Å². The predicted molar refractivity (Wildman–Crippen MR) is 87.0 cm³/mol. The van der Waals surface area contributed by atoms with E-state index in [4.69, 9.17) is 0 Å². The van der Waals surface area contributed by atoms with E-state index in [-0.39, 0.29) is 0 Å². The molecule has 3 rings (SSSR count). The summed E-state index contributed by atoms with van der Waals surface area (Å²) in [5.74, 6) is 0. The van der Waals surface area contributed by atoms with Crippen molar-refractivity contribution in [3.05, 3.63) is 66.4 Å². The van der Waals surface area contributed by atoms with Gasteiger partial charge in [0.1, 0.15) is 0 Å². The van der Waals surface area contributed by atoms with Crippen LogP contribution in [0.4, 0.5) is 5.69 Å². The van der Waals surface area contributed by atoms with Gasteiger partial charge in [0.05, 0.1) is 38.2 Å². The normalized spacial score (nSPS) is 11.9. The van der Waals surface area contributed by atoms with Gasteiger partial charge in [0.25, 0.3) is 0 Å². The Labute approximate surface area is 120 Å². The molecule has 0 aliphatic rings. The van der Waals surface area contributed by atoms with Crippen LogP contribution in [0.1, 0.15) is 5.56 Å². The molecule has 0 N–H and O–H groups in total. The van der Waals surface area contributed by atoms with E-state index in [1.54, 1.807) is 0 Å². The third kappa shape index (κ3) is 2.35. The van der Waals surface area contributed by atoms with Gasteiger partial charge in [-0.15, -0.1) is 0 Å². The monoisotopic (exact) mass is 265 g/mol. The van der Waals surface area contributed by atoms with Crippen molar-refractivity contribution in [2.75, 3.05) is 21.1 Å². The Bertz CT molecular complexity index is 718. The molecule has 2 aromatic carbocycles. The van der Waals surface area contributed by atoms with Gasteiger partial charge < -0.3 is 4.57 Å². The highest BCUT2D eigenvalue weighted by atomic mass is 15.3. The number of aromatic nitrogens is 1. The largest absolute Gasteiger partial charge is 0.337 e. The van der Waals surface area contributed by atoms with E-state index in [1.165, 1.54) is 22.2 Å². The van der Waals surface area contributed by atoms with Crippen LogP contribution < -0.4 is 4.48 Å². The first-order valence-electron chi connectivity index (χ1n) is 6.99. The van der Waals surface area contributed by atoms with Crippen LogP contribution in [0.5, 0.6) is 0 Å². The Kier molecular flexibility index (Phi) is 3.11. The molecule has 0 amide bonds. The van der Waals surface area contributed by atoms with Crippen LogP contribution in [0.15, 0.2) is 60.8 Å². The van der Waals surface area contributed by atoms with E-state index < -0.39 is 0 Å². The van der Waals surface area contributed by atoms with Gasteiger partial charge >= 0.3 is 0 Å². The number of fused-ring (bicyclic) bond motifs is 1. The van der Waals surface area contributed by atoms with E-state index >= 15 is 0 Å². The van der Waals surface area contributed by atoms with Gasteiger partial charge in [-0.1, -0.05) is 42.5 Å². The molecule has 1 aromatic heterocycles. The smallest absolute Gasteiger partial charge is 0.158 e. The summed E-state index contributed by atoms with van der Waals surface area (Å²) >= 11 is 0. The van der Waals surface area contributed by atoms with Crippen molar-refractivity contribution >= 4 is 16.6 Å². The lowest BCUT2D eigenvalue weighted by atomic mass is 10.2. The second kappa shape index (κ2) is 4.80. The van der Waals surface area contributed by atoms with Crippen LogP contribution in [0.2, 0.25) is 0 Å². The number of hydrogen-bond donors (Lipinski definition) is 0. The molecule has 2 nitrogen and oxygen atoms in total. The third-order valence-corrected chi connectivity index (χ3v) is 3.69. The lowest BCUT2D eigenvalue weighted by Gasteiger charge is -2.22. The summed E-state index contributed by atoms with van der Waals surface area (Å²) in [6.07, 6.45) is 2.29. The van der Waals surface area contributed by atoms with Gasteiger partial charge in [0, 0.05) is 6.54 Å². The highest BCUT2D eigenvalue weighted by molar-refractivity contribution is 5.92. The summed E-state index contributed by atoms with van der Waals surface area (Å²) in [4.78, 5) is 0. The molecule has 0 fully saturated rings. The molecule has 0 saturated carbocycles. The molecule has 0 radical (unpaired) electrons. The van der Waals surface area contributed by atoms with Crippen molar-refractivity contribution in [2.24, 2.45) is 0 Å². The second-order valence-electron chi connectivity index (χ2n) is 6.16. The molecule has 0 unspecified atom stereocenters. The van der Waals surface area contributed by atoms with Crippen molar-refractivity contribution in [3.8, 4) is 0 Å². The number of rotatable bonds is 3. The molecule has 1 heterocycles. The number of nitrogens with zero attached hydrogens (tertiary/aromatic N) is 2. The molecule has 0 bridgehead atoms. The first-order valence-corrected chi connectivity index (χ1v) is 6.99. The van der Waals surface area contributed by atoms with Crippen molar-refractivity contribution in [1.82, 2.24) is 9.05 Å². The summed E-state index contributed by atoms with van der Waals surface area (Å²) in [5, 5.41) is 1.34. The number of quaternary nitrogens is 1. The zero-order valence-corrected chi connectivity index (χ0v) is 12.4. The van der Waals surface area contributed by atoms with E-state index in [1.807, 2.05) is 0 Å². The molecule has 0 aliphatic heterocycles.